The molecule has 1 saturated heterocycles. The third-order valence-corrected chi connectivity index (χ3v) is 5.50. The van der Waals surface area contributed by atoms with Gasteiger partial charge in [-0.05, 0) is 53.6 Å². The molecular formula is C25H35FN4O4. The Kier molecular flexibility index (Phi) is 8.68. The molecule has 0 atom stereocenters. The Morgan fingerprint density at radius 1 is 1.24 bits per heavy atom. The van der Waals surface area contributed by atoms with E-state index in [2.05, 4.69) is 41.3 Å². The quantitative estimate of drug-likeness (QED) is 0.536. The molecule has 0 bridgehead atoms. The van der Waals surface area contributed by atoms with Gasteiger partial charge in [0.25, 0.3) is 0 Å². The Bertz CT molecular complexity index is 988. The van der Waals surface area contributed by atoms with Crippen LogP contribution in [0.15, 0.2) is 24.3 Å². The number of morpholine rings is 1. The minimum atomic E-state index is -0.508. The number of nitrogens with zero attached hydrogens (tertiary/aromatic N) is 2. The first-order chi connectivity index (χ1) is 16.2. The summed E-state index contributed by atoms with van der Waals surface area (Å²) in [5.41, 5.74) is 2.42. The fraction of sp³-hybridized carbons (Fsp3) is 0.520. The molecule has 1 aliphatic heterocycles. The molecule has 0 saturated carbocycles. The molecule has 1 aromatic heterocycles. The van der Waals surface area contributed by atoms with Crippen LogP contribution in [0, 0.1) is 18.2 Å². The van der Waals surface area contributed by atoms with Gasteiger partial charge in [0.15, 0.2) is 0 Å². The van der Waals surface area contributed by atoms with Gasteiger partial charge in [-0.1, -0.05) is 20.8 Å². The van der Waals surface area contributed by atoms with Crippen LogP contribution in [0.2, 0.25) is 0 Å². The number of rotatable bonds is 8. The molecule has 1 aliphatic rings. The van der Waals surface area contributed by atoms with Gasteiger partial charge in [0.2, 0.25) is 5.88 Å². The van der Waals surface area contributed by atoms with Crippen LogP contribution in [0.4, 0.5) is 20.7 Å². The number of aromatic nitrogens is 1. The standard InChI is InChI=1S/C25H35FN4O4/c1-17-13-20(26)21(28-24(32)27-6-5-25(2,3)4)16-19(17)18-14-22(30-7-10-33-11-8-30)29-23(15-18)34-12-9-31/h13-16,31H,5-12H2,1-4H3,(H2,27,28,32). The summed E-state index contributed by atoms with van der Waals surface area (Å²) in [4.78, 5) is 19.0. The zero-order valence-corrected chi connectivity index (χ0v) is 20.4. The smallest absolute Gasteiger partial charge is 0.319 e. The van der Waals surface area contributed by atoms with Gasteiger partial charge in [0.1, 0.15) is 18.2 Å². The molecule has 9 heteroatoms. The summed E-state index contributed by atoms with van der Waals surface area (Å²) in [5, 5.41) is 14.6. The Balaban J connectivity index is 1.88. The number of halogens is 1. The van der Waals surface area contributed by atoms with Crippen LogP contribution < -0.4 is 20.3 Å². The number of pyridine rings is 1. The fourth-order valence-corrected chi connectivity index (χ4v) is 3.62. The van der Waals surface area contributed by atoms with Crippen LogP contribution in [-0.2, 0) is 4.74 Å². The zero-order valence-electron chi connectivity index (χ0n) is 20.4. The maximum atomic E-state index is 14.7. The molecule has 1 fully saturated rings. The second kappa shape index (κ2) is 11.5. The lowest BCUT2D eigenvalue weighted by Crippen LogP contribution is -2.36. The Hall–Kier alpha value is -2.91. The summed E-state index contributed by atoms with van der Waals surface area (Å²) in [6.45, 7) is 11.2. The Morgan fingerprint density at radius 2 is 1.97 bits per heavy atom. The number of nitrogens with one attached hydrogen (secondary N) is 2. The number of aryl methyl sites for hydroxylation is 1. The van der Waals surface area contributed by atoms with Crippen molar-refractivity contribution in [1.29, 1.82) is 0 Å². The van der Waals surface area contributed by atoms with Gasteiger partial charge in [0.05, 0.1) is 25.5 Å². The number of hydrogen-bond donors (Lipinski definition) is 3. The highest BCUT2D eigenvalue weighted by molar-refractivity contribution is 5.90. The second-order valence-electron chi connectivity index (χ2n) is 9.56. The highest BCUT2D eigenvalue weighted by Crippen LogP contribution is 2.33. The molecule has 0 radical (unpaired) electrons. The molecule has 34 heavy (non-hydrogen) atoms. The van der Waals surface area contributed by atoms with Crippen molar-refractivity contribution in [2.75, 3.05) is 56.3 Å². The number of carbonyl (C=O) groups is 1. The number of ether oxygens (including phenoxy) is 2. The Morgan fingerprint density at radius 3 is 2.65 bits per heavy atom. The number of amides is 2. The Labute approximate surface area is 200 Å². The molecule has 0 aliphatic carbocycles. The van der Waals surface area contributed by atoms with Gasteiger partial charge in [-0.3, -0.25) is 0 Å². The van der Waals surface area contributed by atoms with E-state index in [1.54, 1.807) is 12.1 Å². The van der Waals surface area contributed by atoms with Gasteiger partial charge >= 0.3 is 6.03 Å². The number of anilines is 2. The average Bonchev–Trinajstić information content (AvgIpc) is 2.79. The fourth-order valence-electron chi connectivity index (χ4n) is 3.62. The summed E-state index contributed by atoms with van der Waals surface area (Å²) in [6.07, 6.45) is 0.806. The van der Waals surface area contributed by atoms with Gasteiger partial charge in [-0.15, -0.1) is 0 Å². The van der Waals surface area contributed by atoms with E-state index in [0.717, 1.165) is 17.5 Å². The van der Waals surface area contributed by atoms with Crippen molar-refractivity contribution in [1.82, 2.24) is 10.3 Å². The van der Waals surface area contributed by atoms with Crippen LogP contribution in [-0.4, -0.2) is 62.2 Å². The number of carbonyl (C=O) groups excluding carboxylic acids is 1. The van der Waals surface area contributed by atoms with E-state index in [9.17, 15) is 9.18 Å². The molecule has 2 heterocycles. The molecule has 2 aromatic rings. The molecule has 8 nitrogen and oxygen atoms in total. The van der Waals surface area contributed by atoms with E-state index in [-0.39, 0.29) is 24.3 Å². The predicted molar refractivity (Wildman–Crippen MR) is 131 cm³/mol. The van der Waals surface area contributed by atoms with Crippen molar-refractivity contribution in [3.63, 3.8) is 0 Å². The van der Waals surface area contributed by atoms with Crippen molar-refractivity contribution in [2.24, 2.45) is 5.41 Å². The van der Waals surface area contributed by atoms with E-state index >= 15 is 0 Å². The van der Waals surface area contributed by atoms with Crippen molar-refractivity contribution in [2.45, 2.75) is 34.1 Å². The summed E-state index contributed by atoms with van der Waals surface area (Å²) in [6, 6.07) is 6.26. The first kappa shape index (κ1) is 25.7. The van der Waals surface area contributed by atoms with Gasteiger partial charge in [0, 0.05) is 25.7 Å². The average molecular weight is 475 g/mol. The summed E-state index contributed by atoms with van der Waals surface area (Å²) in [5.74, 6) is 0.574. The van der Waals surface area contributed by atoms with Crippen molar-refractivity contribution >= 4 is 17.5 Å². The van der Waals surface area contributed by atoms with Gasteiger partial charge in [-0.2, -0.15) is 4.98 Å². The zero-order chi connectivity index (χ0) is 24.7. The summed E-state index contributed by atoms with van der Waals surface area (Å²) < 4.78 is 25.8. The van der Waals surface area contributed by atoms with Crippen LogP contribution in [0.1, 0.15) is 32.8 Å². The first-order valence-electron chi connectivity index (χ1n) is 11.6. The maximum absolute atomic E-state index is 14.7. The van der Waals surface area contributed by atoms with Crippen LogP contribution >= 0.6 is 0 Å². The minimum absolute atomic E-state index is 0.0882. The van der Waals surface area contributed by atoms with Gasteiger partial charge < -0.3 is 30.1 Å². The monoisotopic (exact) mass is 474 g/mol. The third kappa shape index (κ3) is 7.30. The SMILES string of the molecule is Cc1cc(F)c(NC(=O)NCCC(C)(C)C)cc1-c1cc(OCCO)nc(N2CCOCC2)c1. The van der Waals surface area contributed by atoms with E-state index in [1.165, 1.54) is 6.07 Å². The predicted octanol–water partition coefficient (Wildman–Crippen LogP) is 3.96. The lowest BCUT2D eigenvalue weighted by molar-refractivity contribution is 0.122. The van der Waals surface area contributed by atoms with Crippen molar-refractivity contribution in [3.05, 3.63) is 35.6 Å². The largest absolute Gasteiger partial charge is 0.475 e. The van der Waals surface area contributed by atoms with Crippen LogP contribution in [0.5, 0.6) is 5.88 Å². The van der Waals surface area contributed by atoms with Crippen molar-refractivity contribution < 1.29 is 23.8 Å². The van der Waals surface area contributed by atoms with E-state index < -0.39 is 11.8 Å². The number of urea groups is 1. The second-order valence-corrected chi connectivity index (χ2v) is 9.56. The number of aliphatic hydroxyl groups is 1. The molecule has 2 amide bonds. The molecule has 3 rings (SSSR count). The van der Waals surface area contributed by atoms with E-state index in [1.807, 2.05) is 13.0 Å². The number of aliphatic hydroxyl groups excluding tert-OH is 1. The maximum Gasteiger partial charge on any atom is 0.319 e. The summed E-state index contributed by atoms with van der Waals surface area (Å²) >= 11 is 0. The molecule has 0 spiro atoms. The molecule has 186 valence electrons. The topological polar surface area (TPSA) is 96.0 Å². The molecule has 3 N–H and O–H groups in total. The first-order valence-corrected chi connectivity index (χ1v) is 11.6. The van der Waals surface area contributed by atoms with Crippen LogP contribution in [0.25, 0.3) is 11.1 Å². The van der Waals surface area contributed by atoms with E-state index in [0.29, 0.717) is 50.1 Å². The number of hydrogen-bond acceptors (Lipinski definition) is 6. The van der Waals surface area contributed by atoms with Gasteiger partial charge in [-0.25, -0.2) is 9.18 Å². The minimum Gasteiger partial charge on any atom is -0.475 e. The van der Waals surface area contributed by atoms with Crippen LogP contribution in [0.3, 0.4) is 0 Å². The normalized spacial score (nSPS) is 14.1. The molecule has 0 unspecified atom stereocenters. The molecule has 1 aromatic carbocycles. The molecular weight excluding hydrogens is 439 g/mol. The third-order valence-electron chi connectivity index (χ3n) is 5.50. The highest BCUT2D eigenvalue weighted by Gasteiger charge is 2.18. The van der Waals surface area contributed by atoms with Crippen molar-refractivity contribution in [3.8, 4) is 17.0 Å². The van der Waals surface area contributed by atoms with E-state index in [4.69, 9.17) is 14.6 Å². The lowest BCUT2D eigenvalue weighted by atomic mass is 9.92. The summed E-state index contributed by atoms with van der Waals surface area (Å²) in [7, 11) is 0. The lowest BCUT2D eigenvalue weighted by Gasteiger charge is -2.28. The number of benzene rings is 1. The highest BCUT2D eigenvalue weighted by atomic mass is 19.1.